The molecule has 1 rings (SSSR count). The molecule has 62 valence electrons. The summed E-state index contributed by atoms with van der Waals surface area (Å²) in [6.07, 6.45) is 1.55. The first-order valence-electron chi connectivity index (χ1n) is 3.65. The average molecular weight is 157 g/mol. The predicted octanol–water partition coefficient (Wildman–Crippen LogP) is 0.451. The number of rotatable bonds is 2. The van der Waals surface area contributed by atoms with E-state index in [1.54, 1.807) is 0 Å². The van der Waals surface area contributed by atoms with Gasteiger partial charge in [-0.25, -0.2) is 4.79 Å². The molecule has 0 aromatic carbocycles. The number of nitrogens with two attached hydrogens (primary N) is 1. The largest absolute Gasteiger partial charge is 0.449 e. The average Bonchev–Trinajstić information content (AvgIpc) is 2.31. The summed E-state index contributed by atoms with van der Waals surface area (Å²) in [4.78, 5) is 21.1. The Morgan fingerprint density at radius 3 is 2.91 bits per heavy atom. The molecule has 1 fully saturated rings. The Bertz CT molecular complexity index is 179. The summed E-state index contributed by atoms with van der Waals surface area (Å²) < 4.78 is 4.51. The fourth-order valence-electron chi connectivity index (χ4n) is 1.25. The van der Waals surface area contributed by atoms with Crippen molar-refractivity contribution in [2.75, 3.05) is 6.61 Å². The Morgan fingerprint density at radius 1 is 1.73 bits per heavy atom. The van der Waals surface area contributed by atoms with Crippen LogP contribution in [0.5, 0.6) is 0 Å². The van der Waals surface area contributed by atoms with Gasteiger partial charge in [-0.3, -0.25) is 4.79 Å². The Hall–Kier alpha value is -1.06. The van der Waals surface area contributed by atoms with Crippen molar-refractivity contribution in [3.05, 3.63) is 0 Å². The first-order valence-corrected chi connectivity index (χ1v) is 3.65. The third-order valence-electron chi connectivity index (χ3n) is 1.86. The van der Waals surface area contributed by atoms with Gasteiger partial charge < -0.3 is 10.5 Å². The van der Waals surface area contributed by atoms with Crippen molar-refractivity contribution in [1.82, 2.24) is 0 Å². The van der Waals surface area contributed by atoms with Crippen molar-refractivity contribution in [2.24, 2.45) is 11.7 Å². The summed E-state index contributed by atoms with van der Waals surface area (Å²) >= 11 is 0. The summed E-state index contributed by atoms with van der Waals surface area (Å²) in [6.45, 7) is 0.161. The van der Waals surface area contributed by atoms with Gasteiger partial charge in [0.05, 0.1) is 5.92 Å². The topological polar surface area (TPSA) is 69.4 Å². The van der Waals surface area contributed by atoms with E-state index < -0.39 is 6.09 Å². The van der Waals surface area contributed by atoms with Crippen molar-refractivity contribution >= 4 is 11.9 Å². The van der Waals surface area contributed by atoms with Crippen LogP contribution in [0.4, 0.5) is 4.79 Å². The van der Waals surface area contributed by atoms with Crippen LogP contribution in [-0.2, 0) is 9.53 Å². The second kappa shape index (κ2) is 3.37. The summed E-state index contributed by atoms with van der Waals surface area (Å²) in [5, 5.41) is 0. The molecule has 0 aromatic heterocycles. The van der Waals surface area contributed by atoms with Crippen molar-refractivity contribution in [1.29, 1.82) is 0 Å². The van der Waals surface area contributed by atoms with E-state index in [4.69, 9.17) is 5.73 Å². The van der Waals surface area contributed by atoms with Crippen LogP contribution in [0.15, 0.2) is 0 Å². The summed E-state index contributed by atoms with van der Waals surface area (Å²) in [7, 11) is 0. The third-order valence-corrected chi connectivity index (χ3v) is 1.86. The Morgan fingerprint density at radius 2 is 2.45 bits per heavy atom. The number of carbonyl (C=O) groups excluding carboxylic acids is 2. The zero-order chi connectivity index (χ0) is 8.27. The number of ether oxygens (including phenoxy) is 1. The molecule has 1 saturated carbocycles. The SMILES string of the molecule is NC(=O)OCC1CCCC1=O. The van der Waals surface area contributed by atoms with E-state index in [2.05, 4.69) is 4.74 Å². The van der Waals surface area contributed by atoms with E-state index in [0.29, 0.717) is 6.42 Å². The smallest absolute Gasteiger partial charge is 0.404 e. The van der Waals surface area contributed by atoms with Crippen LogP contribution >= 0.6 is 0 Å². The molecule has 0 aromatic rings. The maximum Gasteiger partial charge on any atom is 0.404 e. The Balaban J connectivity index is 2.26. The van der Waals surface area contributed by atoms with Crippen LogP contribution in [0.3, 0.4) is 0 Å². The molecule has 0 heterocycles. The van der Waals surface area contributed by atoms with Crippen LogP contribution in [0.1, 0.15) is 19.3 Å². The summed E-state index contributed by atoms with van der Waals surface area (Å²) in [6, 6.07) is 0. The lowest BCUT2D eigenvalue weighted by atomic mass is 10.1. The molecule has 1 amide bonds. The number of ketones is 1. The van der Waals surface area contributed by atoms with Gasteiger partial charge in [0.15, 0.2) is 0 Å². The molecule has 11 heavy (non-hydrogen) atoms. The van der Waals surface area contributed by atoms with Crippen molar-refractivity contribution in [3.63, 3.8) is 0 Å². The third kappa shape index (κ3) is 2.22. The number of amides is 1. The zero-order valence-electron chi connectivity index (χ0n) is 6.21. The van der Waals surface area contributed by atoms with Gasteiger partial charge in [0, 0.05) is 6.42 Å². The lowest BCUT2D eigenvalue weighted by Crippen LogP contribution is -2.20. The highest BCUT2D eigenvalue weighted by Crippen LogP contribution is 2.21. The second-order valence-electron chi connectivity index (χ2n) is 2.69. The second-order valence-corrected chi connectivity index (χ2v) is 2.69. The number of carbonyl (C=O) groups is 2. The molecule has 0 radical (unpaired) electrons. The van der Waals surface area contributed by atoms with Crippen molar-refractivity contribution in [2.45, 2.75) is 19.3 Å². The van der Waals surface area contributed by atoms with E-state index in [9.17, 15) is 9.59 Å². The molecule has 1 atom stereocenters. The van der Waals surface area contributed by atoms with Gasteiger partial charge >= 0.3 is 6.09 Å². The highest BCUT2D eigenvalue weighted by molar-refractivity contribution is 5.83. The summed E-state index contributed by atoms with van der Waals surface area (Å²) in [5.41, 5.74) is 4.74. The van der Waals surface area contributed by atoms with Crippen LogP contribution in [0.2, 0.25) is 0 Å². The molecule has 0 aliphatic heterocycles. The molecule has 4 heteroatoms. The lowest BCUT2D eigenvalue weighted by molar-refractivity contribution is -0.121. The van der Waals surface area contributed by atoms with E-state index in [0.717, 1.165) is 12.8 Å². The van der Waals surface area contributed by atoms with E-state index in [-0.39, 0.29) is 18.3 Å². The van der Waals surface area contributed by atoms with Crippen LogP contribution < -0.4 is 5.73 Å². The molecule has 2 N–H and O–H groups in total. The molecular weight excluding hydrogens is 146 g/mol. The number of Topliss-reactive ketones (excluding diaryl/α,β-unsaturated/α-hetero) is 1. The minimum Gasteiger partial charge on any atom is -0.449 e. The minimum atomic E-state index is -0.801. The first-order chi connectivity index (χ1) is 5.20. The van der Waals surface area contributed by atoms with E-state index in [1.165, 1.54) is 0 Å². The highest BCUT2D eigenvalue weighted by atomic mass is 16.5. The van der Waals surface area contributed by atoms with Gasteiger partial charge in [-0.15, -0.1) is 0 Å². The van der Waals surface area contributed by atoms with Crippen LogP contribution in [0.25, 0.3) is 0 Å². The Labute approximate surface area is 64.7 Å². The molecule has 4 nitrogen and oxygen atoms in total. The van der Waals surface area contributed by atoms with E-state index >= 15 is 0 Å². The first kappa shape index (κ1) is 8.04. The molecule has 1 aliphatic rings. The number of primary amides is 1. The van der Waals surface area contributed by atoms with Gasteiger partial charge in [0.2, 0.25) is 0 Å². The maximum atomic E-state index is 11.0. The molecular formula is C7H11NO3. The fraction of sp³-hybridized carbons (Fsp3) is 0.714. The fourth-order valence-corrected chi connectivity index (χ4v) is 1.25. The van der Waals surface area contributed by atoms with Crippen molar-refractivity contribution in [3.8, 4) is 0 Å². The number of hydrogen-bond donors (Lipinski definition) is 1. The number of hydrogen-bond acceptors (Lipinski definition) is 3. The monoisotopic (exact) mass is 157 g/mol. The normalized spacial score (nSPS) is 23.6. The molecule has 1 unspecified atom stereocenters. The van der Waals surface area contributed by atoms with Gasteiger partial charge in [0.25, 0.3) is 0 Å². The molecule has 0 bridgehead atoms. The molecule has 1 aliphatic carbocycles. The molecule has 0 spiro atoms. The van der Waals surface area contributed by atoms with Crippen molar-refractivity contribution < 1.29 is 14.3 Å². The quantitative estimate of drug-likeness (QED) is 0.632. The predicted molar refractivity (Wildman–Crippen MR) is 37.9 cm³/mol. The summed E-state index contributed by atoms with van der Waals surface area (Å²) in [5.74, 6) is 0.0914. The van der Waals surface area contributed by atoms with Crippen LogP contribution in [-0.4, -0.2) is 18.5 Å². The van der Waals surface area contributed by atoms with Gasteiger partial charge in [-0.1, -0.05) is 0 Å². The van der Waals surface area contributed by atoms with Crippen LogP contribution in [0, 0.1) is 5.92 Å². The minimum absolute atomic E-state index is 0.0949. The Kier molecular flexibility index (Phi) is 2.46. The van der Waals surface area contributed by atoms with E-state index in [1.807, 2.05) is 0 Å². The van der Waals surface area contributed by atoms with Gasteiger partial charge in [0.1, 0.15) is 12.4 Å². The standard InChI is InChI=1S/C7H11NO3/c8-7(10)11-4-5-2-1-3-6(5)9/h5H,1-4H2,(H2,8,10). The van der Waals surface area contributed by atoms with Gasteiger partial charge in [-0.2, -0.15) is 0 Å². The molecule has 0 saturated heterocycles. The highest BCUT2D eigenvalue weighted by Gasteiger charge is 2.25. The van der Waals surface area contributed by atoms with Gasteiger partial charge in [-0.05, 0) is 12.8 Å². The maximum absolute atomic E-state index is 11.0. The zero-order valence-corrected chi connectivity index (χ0v) is 6.21. The lowest BCUT2D eigenvalue weighted by Gasteiger charge is -2.05.